The number of nitrogens with one attached hydrogen (secondary N) is 1. The molecule has 1 unspecified atom stereocenters. The summed E-state index contributed by atoms with van der Waals surface area (Å²) in [5.41, 5.74) is 0. The number of rotatable bonds is 0. The van der Waals surface area contributed by atoms with E-state index in [-0.39, 0.29) is 12.4 Å². The second-order valence-corrected chi connectivity index (χ2v) is 2.74. The second-order valence-electron chi connectivity index (χ2n) is 2.74. The van der Waals surface area contributed by atoms with E-state index in [9.17, 15) is 0 Å². The van der Waals surface area contributed by atoms with Crippen LogP contribution in [0.5, 0.6) is 0 Å². The monoisotopic (exact) mass is 148 g/mol. The van der Waals surface area contributed by atoms with Gasteiger partial charge < -0.3 is 10.2 Å². The van der Waals surface area contributed by atoms with Crippen LogP contribution in [0.25, 0.3) is 0 Å². The molecule has 0 aromatic rings. The van der Waals surface area contributed by atoms with E-state index in [0.717, 1.165) is 6.04 Å². The lowest BCUT2D eigenvalue weighted by Gasteiger charge is -2.22. The van der Waals surface area contributed by atoms with E-state index in [0.29, 0.717) is 0 Å². The third kappa shape index (κ3) is 1.37. The van der Waals surface area contributed by atoms with Gasteiger partial charge >= 0.3 is 0 Å². The maximum absolute atomic E-state index is 3.47. The number of hydrogen-bond donors (Lipinski definition) is 1. The number of nitrogens with zero attached hydrogens (tertiary/aromatic N) is 1. The minimum atomic E-state index is 0. The quantitative estimate of drug-likeness (QED) is 0.524. The summed E-state index contributed by atoms with van der Waals surface area (Å²) in [6.07, 6.45) is 1.38. The molecule has 2 saturated heterocycles. The Kier molecular flexibility index (Phi) is 2.33. The molecule has 2 nitrogen and oxygen atoms in total. The average molecular weight is 149 g/mol. The zero-order valence-electron chi connectivity index (χ0n) is 5.47. The first-order valence-corrected chi connectivity index (χ1v) is 3.41. The Bertz CT molecular complexity index is 83.1. The summed E-state index contributed by atoms with van der Waals surface area (Å²) in [5.74, 6) is 0. The standard InChI is InChI=1S/C6H12N2.ClH/c1-3-8-4-2-7-6(1)5-8;/h6-7H,1-5H2;1H/t6-;/m0./s1. The normalized spacial score (nSPS) is 40.0. The first kappa shape index (κ1) is 7.32. The van der Waals surface area contributed by atoms with Gasteiger partial charge in [-0.25, -0.2) is 0 Å². The largest absolute Gasteiger partial charge is 0.311 e. The van der Waals surface area contributed by atoms with E-state index in [4.69, 9.17) is 0 Å². The highest BCUT2D eigenvalue weighted by Gasteiger charge is 2.24. The molecule has 0 amide bonds. The van der Waals surface area contributed by atoms with Gasteiger partial charge in [-0.05, 0) is 13.0 Å². The van der Waals surface area contributed by atoms with Gasteiger partial charge in [0.25, 0.3) is 0 Å². The van der Waals surface area contributed by atoms with Crippen molar-refractivity contribution in [2.75, 3.05) is 26.2 Å². The summed E-state index contributed by atoms with van der Waals surface area (Å²) < 4.78 is 0. The van der Waals surface area contributed by atoms with Gasteiger partial charge in [-0.15, -0.1) is 12.4 Å². The zero-order chi connectivity index (χ0) is 5.40. The maximum Gasteiger partial charge on any atom is 0.0207 e. The Morgan fingerprint density at radius 1 is 1.33 bits per heavy atom. The Morgan fingerprint density at radius 2 is 2.22 bits per heavy atom. The van der Waals surface area contributed by atoms with Crippen LogP contribution in [0.2, 0.25) is 0 Å². The smallest absolute Gasteiger partial charge is 0.0207 e. The molecule has 0 saturated carbocycles. The summed E-state index contributed by atoms with van der Waals surface area (Å²) in [6, 6.07) is 0.837. The van der Waals surface area contributed by atoms with E-state index in [1.165, 1.54) is 32.6 Å². The SMILES string of the molecule is C1CN2CC[C@@H](C2)N1.Cl. The Labute approximate surface area is 62.0 Å². The van der Waals surface area contributed by atoms with Gasteiger partial charge in [-0.3, -0.25) is 0 Å². The van der Waals surface area contributed by atoms with Crippen LogP contribution in [0.3, 0.4) is 0 Å². The molecule has 0 aromatic carbocycles. The molecule has 2 aliphatic heterocycles. The minimum absolute atomic E-state index is 0. The predicted molar refractivity (Wildman–Crippen MR) is 40.1 cm³/mol. The van der Waals surface area contributed by atoms with Crippen molar-refractivity contribution >= 4 is 12.4 Å². The summed E-state index contributed by atoms with van der Waals surface area (Å²) in [7, 11) is 0. The first-order chi connectivity index (χ1) is 3.95. The molecule has 3 heteroatoms. The fraction of sp³-hybridized carbons (Fsp3) is 1.00. The van der Waals surface area contributed by atoms with Crippen molar-refractivity contribution in [2.24, 2.45) is 0 Å². The Morgan fingerprint density at radius 3 is 2.89 bits per heavy atom. The highest BCUT2D eigenvalue weighted by molar-refractivity contribution is 5.85. The molecule has 2 atom stereocenters. The molecule has 0 radical (unpaired) electrons. The van der Waals surface area contributed by atoms with Gasteiger partial charge in [0.05, 0.1) is 0 Å². The molecule has 2 rings (SSSR count). The van der Waals surface area contributed by atoms with Crippen molar-refractivity contribution < 1.29 is 0 Å². The van der Waals surface area contributed by atoms with Crippen LogP contribution >= 0.6 is 12.4 Å². The van der Waals surface area contributed by atoms with E-state index < -0.39 is 0 Å². The molecule has 2 heterocycles. The molecule has 0 aromatic heterocycles. The highest BCUT2D eigenvalue weighted by atomic mass is 35.5. The molecule has 2 fully saturated rings. The third-order valence-corrected chi connectivity index (χ3v) is 2.13. The van der Waals surface area contributed by atoms with Gasteiger partial charge in [0.15, 0.2) is 0 Å². The molecular weight excluding hydrogens is 136 g/mol. The van der Waals surface area contributed by atoms with Crippen LogP contribution in [0.1, 0.15) is 6.42 Å². The Hall–Kier alpha value is 0.210. The van der Waals surface area contributed by atoms with E-state index in [1.54, 1.807) is 0 Å². The van der Waals surface area contributed by atoms with E-state index >= 15 is 0 Å². The fourth-order valence-electron chi connectivity index (χ4n) is 1.63. The highest BCUT2D eigenvalue weighted by Crippen LogP contribution is 2.10. The van der Waals surface area contributed by atoms with Gasteiger partial charge in [0, 0.05) is 25.7 Å². The molecular formula is C6H13ClN2. The van der Waals surface area contributed by atoms with Crippen LogP contribution in [0.15, 0.2) is 0 Å². The maximum atomic E-state index is 3.47. The van der Waals surface area contributed by atoms with Crippen LogP contribution in [-0.4, -0.2) is 37.1 Å². The van der Waals surface area contributed by atoms with Crippen molar-refractivity contribution in [3.8, 4) is 0 Å². The number of fused-ring (bicyclic) bond motifs is 2. The average Bonchev–Trinajstić information content (AvgIpc) is 2.12. The van der Waals surface area contributed by atoms with Gasteiger partial charge in [0.1, 0.15) is 0 Å². The van der Waals surface area contributed by atoms with Gasteiger partial charge in [-0.1, -0.05) is 0 Å². The van der Waals surface area contributed by atoms with Crippen molar-refractivity contribution in [3.05, 3.63) is 0 Å². The van der Waals surface area contributed by atoms with E-state index in [1.807, 2.05) is 0 Å². The lowest BCUT2D eigenvalue weighted by molar-refractivity contribution is 0.289. The van der Waals surface area contributed by atoms with Crippen molar-refractivity contribution in [1.29, 1.82) is 0 Å². The van der Waals surface area contributed by atoms with E-state index in [2.05, 4.69) is 10.2 Å². The minimum Gasteiger partial charge on any atom is -0.311 e. The topological polar surface area (TPSA) is 15.3 Å². The summed E-state index contributed by atoms with van der Waals surface area (Å²) in [5, 5.41) is 3.47. The third-order valence-electron chi connectivity index (χ3n) is 2.13. The molecule has 1 N–H and O–H groups in total. The van der Waals surface area contributed by atoms with Gasteiger partial charge in [-0.2, -0.15) is 0 Å². The van der Waals surface area contributed by atoms with Crippen LogP contribution < -0.4 is 5.32 Å². The lowest BCUT2D eigenvalue weighted by atomic mass is 10.2. The van der Waals surface area contributed by atoms with Crippen LogP contribution in [0, 0.1) is 0 Å². The Balaban J connectivity index is 0.000000405. The van der Waals surface area contributed by atoms with Gasteiger partial charge in [0.2, 0.25) is 0 Å². The summed E-state index contributed by atoms with van der Waals surface area (Å²) >= 11 is 0. The van der Waals surface area contributed by atoms with Crippen molar-refractivity contribution in [1.82, 2.24) is 10.2 Å². The fourth-order valence-corrected chi connectivity index (χ4v) is 1.63. The summed E-state index contributed by atoms with van der Waals surface area (Å²) in [4.78, 5) is 2.53. The molecule has 0 aliphatic carbocycles. The first-order valence-electron chi connectivity index (χ1n) is 3.41. The van der Waals surface area contributed by atoms with Crippen molar-refractivity contribution in [3.63, 3.8) is 0 Å². The molecule has 2 bridgehead atoms. The van der Waals surface area contributed by atoms with Crippen molar-refractivity contribution in [2.45, 2.75) is 12.5 Å². The predicted octanol–water partition coefficient (Wildman–Crippen LogP) is 0.0857. The molecule has 0 spiro atoms. The lowest BCUT2D eigenvalue weighted by Crippen LogP contribution is -2.42. The van der Waals surface area contributed by atoms with Crippen LogP contribution in [-0.2, 0) is 0 Å². The molecule has 54 valence electrons. The summed E-state index contributed by atoms with van der Waals surface area (Å²) in [6.45, 7) is 5.12. The molecule has 2 aliphatic rings. The van der Waals surface area contributed by atoms with Crippen LogP contribution in [0.4, 0.5) is 0 Å². The number of hydrogen-bond acceptors (Lipinski definition) is 2. The zero-order valence-corrected chi connectivity index (χ0v) is 6.28. The number of piperazine rings is 1. The molecule has 9 heavy (non-hydrogen) atoms. The second kappa shape index (κ2) is 2.86. The number of halogens is 1.